The summed E-state index contributed by atoms with van der Waals surface area (Å²) in [5.41, 5.74) is 29.4. The number of nitrogens with zero attached hydrogens (tertiary/aromatic N) is 4. The van der Waals surface area contributed by atoms with Crippen molar-refractivity contribution in [2.75, 3.05) is 14.7 Å². The average Bonchev–Trinajstić information content (AvgIpc) is 1.33. The van der Waals surface area contributed by atoms with E-state index >= 15 is 0 Å². The molecule has 5 heteroatoms. The van der Waals surface area contributed by atoms with Crippen LogP contribution < -0.4 is 14.7 Å². The zero-order valence-corrected chi connectivity index (χ0v) is 56.8. The summed E-state index contributed by atoms with van der Waals surface area (Å²) in [6.07, 6.45) is 0. The van der Waals surface area contributed by atoms with Crippen LogP contribution in [0.1, 0.15) is 118 Å². The van der Waals surface area contributed by atoms with Gasteiger partial charge in [0.15, 0.2) is 0 Å². The van der Waals surface area contributed by atoms with Gasteiger partial charge in [0, 0.05) is 32.9 Å². The van der Waals surface area contributed by atoms with Gasteiger partial charge in [-0.3, -0.25) is 0 Å². The van der Waals surface area contributed by atoms with Crippen molar-refractivity contribution in [1.29, 1.82) is 5.26 Å². The zero-order chi connectivity index (χ0) is 66.8. The topological polar surface area (TPSA) is 42.7 Å². The Morgan fingerprint density at radius 3 is 0.857 bits per heavy atom. The Balaban J connectivity index is 1.05. The molecule has 0 saturated carbocycles. The Kier molecular flexibility index (Phi) is 12.9. The van der Waals surface area contributed by atoms with E-state index < -0.39 is 27.4 Å². The van der Waals surface area contributed by atoms with Crippen LogP contribution in [0.15, 0.2) is 285 Å². The van der Waals surface area contributed by atoms with E-state index in [1.54, 1.807) is 0 Å². The molecule has 0 aromatic heterocycles. The third-order valence-corrected chi connectivity index (χ3v) is 22.5. The monoisotopic (exact) mass is 1260 g/mol. The molecule has 0 N–H and O–H groups in total. The van der Waals surface area contributed by atoms with Gasteiger partial charge < -0.3 is 19.4 Å². The van der Waals surface area contributed by atoms with Crippen molar-refractivity contribution in [1.82, 2.24) is 0 Å². The molecule has 98 heavy (non-hydrogen) atoms. The van der Waals surface area contributed by atoms with Crippen molar-refractivity contribution in [2.45, 2.75) is 89.8 Å². The molecule has 0 fully saturated rings. The summed E-state index contributed by atoms with van der Waals surface area (Å²) >= 11 is 0. The Labute approximate surface area is 575 Å². The van der Waals surface area contributed by atoms with E-state index in [0.29, 0.717) is 5.56 Å². The molecular formula is C93H74N4O. The molecule has 0 amide bonds. The van der Waals surface area contributed by atoms with Gasteiger partial charge in [0.2, 0.25) is 0 Å². The van der Waals surface area contributed by atoms with Crippen molar-refractivity contribution >= 4 is 51.2 Å². The maximum absolute atomic E-state index is 13.2. The Bertz CT molecular complexity index is 5310. The highest BCUT2D eigenvalue weighted by Gasteiger charge is 2.60. The fourth-order valence-electron chi connectivity index (χ4n) is 17.6. The predicted octanol–water partition coefficient (Wildman–Crippen LogP) is 24.7. The highest BCUT2D eigenvalue weighted by Crippen LogP contribution is 2.73. The molecular weight excluding hydrogens is 1190 g/mol. The van der Waals surface area contributed by atoms with Crippen molar-refractivity contribution in [3.63, 3.8) is 0 Å². The molecule has 0 saturated heterocycles. The van der Waals surface area contributed by atoms with Crippen molar-refractivity contribution in [3.05, 3.63) is 341 Å². The first-order valence-electron chi connectivity index (χ1n) is 34.5. The smallest absolute Gasteiger partial charge is 0.121 e. The lowest BCUT2D eigenvalue weighted by molar-refractivity contribution is -0.0924. The Hall–Kier alpha value is -11.3. The average molecular weight is 1260 g/mol. The van der Waals surface area contributed by atoms with Crippen LogP contribution in [0, 0.1) is 11.3 Å². The van der Waals surface area contributed by atoms with Crippen LogP contribution in [0.2, 0.25) is 0 Å². The van der Waals surface area contributed by atoms with E-state index in [-0.39, 0.29) is 0 Å². The number of nitriles is 1. The molecule has 472 valence electrons. The number of benzene rings is 13. The molecule has 0 aliphatic carbocycles. The van der Waals surface area contributed by atoms with Crippen LogP contribution in [-0.4, -0.2) is 0 Å². The molecule has 0 radical (unpaired) electrons. The van der Waals surface area contributed by atoms with Crippen LogP contribution in [0.4, 0.5) is 51.2 Å². The van der Waals surface area contributed by atoms with Crippen LogP contribution in [0.5, 0.6) is 0 Å². The van der Waals surface area contributed by atoms with E-state index in [0.717, 1.165) is 146 Å². The lowest BCUT2D eigenvalue weighted by atomic mass is 9.67. The van der Waals surface area contributed by atoms with Crippen LogP contribution in [0.3, 0.4) is 0 Å². The number of ether oxygens (including phenoxy) is 1. The molecule has 13 aromatic rings. The first-order chi connectivity index (χ1) is 47.5. The van der Waals surface area contributed by atoms with Crippen molar-refractivity contribution in [2.24, 2.45) is 0 Å². The van der Waals surface area contributed by atoms with Gasteiger partial charge in [0.1, 0.15) is 11.7 Å². The third kappa shape index (κ3) is 8.54. The van der Waals surface area contributed by atoms with Crippen molar-refractivity contribution in [3.8, 4) is 72.8 Å². The van der Waals surface area contributed by atoms with E-state index in [1.807, 2.05) is 0 Å². The summed E-state index contributed by atoms with van der Waals surface area (Å²) in [5.74, 6) is 0. The molecule has 18 rings (SSSR count). The maximum atomic E-state index is 13.2. The Morgan fingerprint density at radius 1 is 0.255 bits per heavy atom. The normalized spacial score (nSPS) is 17.1. The van der Waals surface area contributed by atoms with E-state index in [2.05, 4.69) is 368 Å². The standard InChI is InChI=1S/C93H74N4O/c1-89(2)71-50-64(58-28-16-10-17-29-58)40-45-78(71)95(79-46-41-65(51-72(79)89)59-30-18-11-19-31-59)85-70(57-94)83-84-87(88(85)96-80-47-42-66(60-32-20-12-21-33-60)52-73(80)90(3,4)74-53-67(43-48-81(74)96)61-34-22-13-23-35-61)97-82-49-44-68(62-36-24-14-25-37-62)54-75(82)91(5,6)76-55-69(63-38-26-15-27-39-63)56-77(86(76)97)93(84,9)98-92(83,7)8/h10-56H,1-9H3. The molecule has 0 bridgehead atoms. The second-order valence-electron chi connectivity index (χ2n) is 29.6. The molecule has 5 heterocycles. The minimum atomic E-state index is -1.10. The number of hydrogen-bond donors (Lipinski definition) is 0. The molecule has 0 spiro atoms. The molecule has 5 aliphatic heterocycles. The second-order valence-corrected chi connectivity index (χ2v) is 29.6. The van der Waals surface area contributed by atoms with Crippen LogP contribution in [-0.2, 0) is 32.2 Å². The predicted molar refractivity (Wildman–Crippen MR) is 405 cm³/mol. The first-order valence-corrected chi connectivity index (χ1v) is 34.5. The van der Waals surface area contributed by atoms with Crippen LogP contribution in [0.25, 0.3) is 66.8 Å². The number of fused-ring (bicyclic) bond motifs is 8. The number of hydrogen-bond acceptors (Lipinski definition) is 5. The first kappa shape index (κ1) is 59.2. The summed E-state index contributed by atoms with van der Waals surface area (Å²) in [7, 11) is 0. The minimum absolute atomic E-state index is 0.537. The number of anilines is 9. The summed E-state index contributed by atoms with van der Waals surface area (Å²) in [5, 5.41) is 13.2. The van der Waals surface area contributed by atoms with Gasteiger partial charge in [0.25, 0.3) is 0 Å². The molecule has 5 nitrogen and oxygen atoms in total. The largest absolute Gasteiger partial charge is 0.355 e. The zero-order valence-electron chi connectivity index (χ0n) is 56.8. The van der Waals surface area contributed by atoms with Gasteiger partial charge in [-0.1, -0.05) is 254 Å². The molecule has 1 atom stereocenters. The minimum Gasteiger partial charge on any atom is -0.355 e. The highest BCUT2D eigenvalue weighted by atomic mass is 16.5. The van der Waals surface area contributed by atoms with E-state index in [1.165, 1.54) is 22.3 Å². The summed E-state index contributed by atoms with van der Waals surface area (Å²) in [6.45, 7) is 21.1. The van der Waals surface area contributed by atoms with Gasteiger partial charge in [-0.2, -0.15) is 5.26 Å². The van der Waals surface area contributed by atoms with Gasteiger partial charge in [-0.15, -0.1) is 0 Å². The van der Waals surface area contributed by atoms with Gasteiger partial charge >= 0.3 is 0 Å². The van der Waals surface area contributed by atoms with E-state index in [4.69, 9.17) is 4.74 Å². The van der Waals surface area contributed by atoms with Crippen molar-refractivity contribution < 1.29 is 4.74 Å². The lowest BCUT2D eigenvalue weighted by Gasteiger charge is -2.52. The van der Waals surface area contributed by atoms with Crippen LogP contribution >= 0.6 is 0 Å². The molecule has 1 unspecified atom stereocenters. The quantitative estimate of drug-likeness (QED) is 0.152. The second kappa shape index (κ2) is 21.4. The van der Waals surface area contributed by atoms with Gasteiger partial charge in [-0.25, -0.2) is 0 Å². The fourth-order valence-corrected chi connectivity index (χ4v) is 17.6. The number of rotatable bonds is 8. The molecule has 13 aromatic carbocycles. The molecule has 5 aliphatic rings. The Morgan fingerprint density at radius 2 is 0.531 bits per heavy atom. The van der Waals surface area contributed by atoms with Gasteiger partial charge in [0.05, 0.1) is 62.4 Å². The fraction of sp³-hybridized carbons (Fsp3) is 0.151. The summed E-state index contributed by atoms with van der Waals surface area (Å²) in [6, 6.07) is 108. The van der Waals surface area contributed by atoms with E-state index in [9.17, 15) is 5.26 Å². The summed E-state index contributed by atoms with van der Waals surface area (Å²) in [4.78, 5) is 7.74. The SMILES string of the molecule is CC1(C)OC2(C)c3cc(-c4ccccc4)cc4c3N(c3ccc(-c5ccccc5)cc3C4(C)C)c3c(N4c5ccc(-c6ccccc6)cc5C(C)(C)c5cc(-c6ccccc6)ccc54)c(N4c5ccc(-c6ccccc6)cc5C(C)(C)c5cc(-c6ccccc6)ccc54)c(C#N)c1c32. The van der Waals surface area contributed by atoms with Gasteiger partial charge in [-0.05, 0) is 194 Å². The third-order valence-electron chi connectivity index (χ3n) is 22.5. The lowest BCUT2D eigenvalue weighted by Crippen LogP contribution is -2.41. The summed E-state index contributed by atoms with van der Waals surface area (Å²) < 4.78 is 8.13. The maximum Gasteiger partial charge on any atom is 0.121 e. The highest BCUT2D eigenvalue weighted by molar-refractivity contribution is 6.11.